The molecule has 0 atom stereocenters. The van der Waals surface area contributed by atoms with E-state index in [2.05, 4.69) is 56.0 Å². The van der Waals surface area contributed by atoms with Crippen molar-refractivity contribution in [2.24, 2.45) is 0 Å². The molecule has 0 bridgehead atoms. The maximum Gasteiger partial charge on any atom is 0.296 e. The molecule has 0 radical (unpaired) electrons. The van der Waals surface area contributed by atoms with Gasteiger partial charge >= 0.3 is 0 Å². The molecule has 0 aliphatic carbocycles. The lowest BCUT2D eigenvalue weighted by Crippen LogP contribution is -2.47. The van der Waals surface area contributed by atoms with Crippen LogP contribution in [0.1, 0.15) is 26.7 Å². The van der Waals surface area contributed by atoms with E-state index in [1.807, 2.05) is 0 Å². The minimum atomic E-state index is -0.298. The van der Waals surface area contributed by atoms with Crippen LogP contribution in [0.5, 0.6) is 0 Å². The number of amides is 2. The lowest BCUT2D eigenvalue weighted by atomic mass is 10.2. The summed E-state index contributed by atoms with van der Waals surface area (Å²) in [5.74, 6) is 14.9. The monoisotopic (exact) mass is 356 g/mol. The molecule has 1 aliphatic rings. The molecule has 2 N–H and O–H groups in total. The van der Waals surface area contributed by atoms with Crippen LogP contribution in [0.25, 0.3) is 0 Å². The van der Waals surface area contributed by atoms with E-state index in [0.717, 1.165) is 58.7 Å². The van der Waals surface area contributed by atoms with Crippen molar-refractivity contribution < 1.29 is 9.59 Å². The Labute approximate surface area is 157 Å². The van der Waals surface area contributed by atoms with Gasteiger partial charge in [-0.05, 0) is 56.5 Å². The third-order valence-corrected chi connectivity index (χ3v) is 3.92. The summed E-state index contributed by atoms with van der Waals surface area (Å²) in [6, 6.07) is 0. The number of carbonyl (C=O) groups is 2. The molecular weight excluding hydrogens is 328 g/mol. The van der Waals surface area contributed by atoms with Gasteiger partial charge in [0.05, 0.1) is 0 Å². The van der Waals surface area contributed by atoms with E-state index < -0.39 is 0 Å². The van der Waals surface area contributed by atoms with Crippen molar-refractivity contribution in [1.82, 2.24) is 20.4 Å². The average Bonchev–Trinajstić information content (AvgIpc) is 2.63. The number of hydrogen-bond donors (Lipinski definition) is 2. The molecule has 0 spiro atoms. The van der Waals surface area contributed by atoms with Crippen molar-refractivity contribution in [1.29, 1.82) is 0 Å². The van der Waals surface area contributed by atoms with Crippen LogP contribution in [0.3, 0.4) is 0 Å². The molecule has 6 heteroatoms. The van der Waals surface area contributed by atoms with E-state index in [1.165, 1.54) is 0 Å². The summed E-state index contributed by atoms with van der Waals surface area (Å²) < 4.78 is 0. The summed E-state index contributed by atoms with van der Waals surface area (Å²) in [6.07, 6.45) is 1.89. The van der Waals surface area contributed by atoms with Gasteiger partial charge in [0.15, 0.2) is 0 Å². The molecule has 6 nitrogen and oxygen atoms in total. The molecule has 2 amide bonds. The maximum absolute atomic E-state index is 11.5. The van der Waals surface area contributed by atoms with Gasteiger partial charge in [-0.15, -0.1) is 0 Å². The van der Waals surface area contributed by atoms with Gasteiger partial charge < -0.3 is 20.4 Å². The summed E-state index contributed by atoms with van der Waals surface area (Å²) in [5.41, 5.74) is 0. The zero-order valence-electron chi connectivity index (χ0n) is 15.8. The van der Waals surface area contributed by atoms with Crippen LogP contribution >= 0.6 is 0 Å². The first-order valence-corrected chi connectivity index (χ1v) is 9.01. The largest absolute Gasteiger partial charge is 0.356 e. The Morgan fingerprint density at radius 2 is 1.38 bits per heavy atom. The molecule has 1 saturated heterocycles. The van der Waals surface area contributed by atoms with Crippen LogP contribution < -0.4 is 10.6 Å². The molecule has 1 fully saturated rings. The van der Waals surface area contributed by atoms with Gasteiger partial charge in [-0.25, -0.2) is 0 Å². The zero-order valence-corrected chi connectivity index (χ0v) is 15.8. The van der Waals surface area contributed by atoms with Crippen LogP contribution in [0.4, 0.5) is 0 Å². The van der Waals surface area contributed by atoms with Gasteiger partial charge in [0.1, 0.15) is 0 Å². The smallest absolute Gasteiger partial charge is 0.296 e. The van der Waals surface area contributed by atoms with E-state index >= 15 is 0 Å². The van der Waals surface area contributed by atoms with E-state index in [0.29, 0.717) is 6.54 Å². The van der Waals surface area contributed by atoms with Crippen LogP contribution in [0.2, 0.25) is 0 Å². The number of nitrogens with one attached hydrogen (secondary N) is 2. The zero-order chi connectivity index (χ0) is 19.0. The van der Waals surface area contributed by atoms with E-state index in [9.17, 15) is 9.59 Å². The molecule has 26 heavy (non-hydrogen) atoms. The highest BCUT2D eigenvalue weighted by atomic mass is 16.2. The number of nitrogens with zero attached hydrogens (tertiary/aromatic N) is 2. The second-order valence-corrected chi connectivity index (χ2v) is 6.00. The molecule has 0 aromatic heterocycles. The molecule has 0 unspecified atom stereocenters. The highest BCUT2D eigenvalue weighted by Gasteiger charge is 2.15. The SMILES string of the molecule is CC#CC#CC#CC(=O)NCCCN1CCN(CCCNC(C)=O)CC1. The Morgan fingerprint density at radius 3 is 1.92 bits per heavy atom. The number of piperazine rings is 1. The van der Waals surface area contributed by atoms with Crippen LogP contribution in [0.15, 0.2) is 0 Å². The second kappa shape index (κ2) is 13.8. The van der Waals surface area contributed by atoms with Crippen molar-refractivity contribution in [3.8, 4) is 35.5 Å². The summed E-state index contributed by atoms with van der Waals surface area (Å²) in [4.78, 5) is 27.2. The van der Waals surface area contributed by atoms with Gasteiger partial charge in [0.25, 0.3) is 5.91 Å². The van der Waals surface area contributed by atoms with E-state index in [-0.39, 0.29) is 11.8 Å². The Morgan fingerprint density at radius 1 is 0.846 bits per heavy atom. The predicted octanol–water partition coefficient (Wildman–Crippen LogP) is -0.333. The highest BCUT2D eigenvalue weighted by Crippen LogP contribution is 2.02. The van der Waals surface area contributed by atoms with Crippen LogP contribution in [-0.4, -0.2) is 74.0 Å². The summed E-state index contributed by atoms with van der Waals surface area (Å²) >= 11 is 0. The molecule has 0 saturated carbocycles. The molecule has 1 rings (SSSR count). The first-order valence-electron chi connectivity index (χ1n) is 9.01. The normalized spacial score (nSPS) is 13.9. The van der Waals surface area contributed by atoms with Crippen molar-refractivity contribution in [2.45, 2.75) is 26.7 Å². The van der Waals surface area contributed by atoms with Gasteiger partial charge in [-0.2, -0.15) is 0 Å². The lowest BCUT2D eigenvalue weighted by molar-refractivity contribution is -0.119. The van der Waals surface area contributed by atoms with Crippen LogP contribution in [0, 0.1) is 35.5 Å². The third kappa shape index (κ3) is 11.2. The third-order valence-electron chi connectivity index (χ3n) is 3.92. The molecule has 1 heterocycles. The quantitative estimate of drug-likeness (QED) is 0.462. The Bertz CT molecular complexity index is 632. The van der Waals surface area contributed by atoms with Gasteiger partial charge in [-0.1, -0.05) is 5.92 Å². The summed E-state index contributed by atoms with van der Waals surface area (Å²) in [6.45, 7) is 10.8. The lowest BCUT2D eigenvalue weighted by Gasteiger charge is -2.34. The van der Waals surface area contributed by atoms with Gasteiger partial charge in [0, 0.05) is 52.1 Å². The minimum Gasteiger partial charge on any atom is -0.356 e. The fourth-order valence-corrected chi connectivity index (χ4v) is 2.57. The van der Waals surface area contributed by atoms with Crippen molar-refractivity contribution >= 4 is 11.8 Å². The topological polar surface area (TPSA) is 64.7 Å². The number of hydrogen-bond acceptors (Lipinski definition) is 4. The van der Waals surface area contributed by atoms with Crippen molar-refractivity contribution in [2.75, 3.05) is 52.4 Å². The predicted molar refractivity (Wildman–Crippen MR) is 103 cm³/mol. The Hall–Kier alpha value is -2.46. The summed E-state index contributed by atoms with van der Waals surface area (Å²) in [5, 5.41) is 5.60. The fraction of sp³-hybridized carbons (Fsp3) is 0.600. The maximum atomic E-state index is 11.5. The van der Waals surface area contributed by atoms with Crippen LogP contribution in [-0.2, 0) is 9.59 Å². The molecular formula is C20H28N4O2. The molecule has 1 aliphatic heterocycles. The summed E-state index contributed by atoms with van der Waals surface area (Å²) in [7, 11) is 0. The second-order valence-electron chi connectivity index (χ2n) is 6.00. The Kier molecular flexibility index (Phi) is 11.4. The van der Waals surface area contributed by atoms with Crippen molar-refractivity contribution in [3.63, 3.8) is 0 Å². The first kappa shape index (κ1) is 21.6. The van der Waals surface area contributed by atoms with Gasteiger partial charge in [0.2, 0.25) is 5.91 Å². The van der Waals surface area contributed by atoms with Crippen molar-refractivity contribution in [3.05, 3.63) is 0 Å². The minimum absolute atomic E-state index is 0.0339. The number of rotatable bonds is 8. The van der Waals surface area contributed by atoms with E-state index in [1.54, 1.807) is 13.8 Å². The van der Waals surface area contributed by atoms with E-state index in [4.69, 9.17) is 0 Å². The Balaban J connectivity index is 2.06. The number of carbonyl (C=O) groups excluding carboxylic acids is 2. The molecule has 140 valence electrons. The standard InChI is InChI=1S/C20H28N4O2/c1-3-4-5-6-7-10-20(26)22-12-9-14-24-17-15-23(16-18-24)13-8-11-21-19(2)25/h8-9,11-18H2,1-2H3,(H,21,25)(H,22,26). The molecule has 0 aromatic carbocycles. The average molecular weight is 356 g/mol. The molecule has 0 aromatic rings. The van der Waals surface area contributed by atoms with Gasteiger partial charge in [-0.3, -0.25) is 9.59 Å². The first-order chi connectivity index (χ1) is 12.6. The fourth-order valence-electron chi connectivity index (χ4n) is 2.57. The highest BCUT2D eigenvalue weighted by molar-refractivity contribution is 5.94.